The first-order valence-electron chi connectivity index (χ1n) is 4.68. The SMILES string of the molecule is CCc1[nH]c(CCC(F)(F)F)nc(=S)c1Br. The lowest BCUT2D eigenvalue weighted by Gasteiger charge is -2.08. The zero-order valence-electron chi connectivity index (χ0n) is 8.49. The summed E-state index contributed by atoms with van der Waals surface area (Å²) in [5, 5.41) is 0. The van der Waals surface area contributed by atoms with E-state index >= 15 is 0 Å². The van der Waals surface area contributed by atoms with Crippen LogP contribution in [-0.2, 0) is 12.8 Å². The van der Waals surface area contributed by atoms with Gasteiger partial charge in [0.1, 0.15) is 10.5 Å². The van der Waals surface area contributed by atoms with Gasteiger partial charge in [-0.15, -0.1) is 0 Å². The van der Waals surface area contributed by atoms with Gasteiger partial charge in [0.2, 0.25) is 0 Å². The van der Waals surface area contributed by atoms with E-state index in [9.17, 15) is 13.2 Å². The number of nitrogens with zero attached hydrogens (tertiary/aromatic N) is 1. The van der Waals surface area contributed by atoms with E-state index in [2.05, 4.69) is 25.9 Å². The van der Waals surface area contributed by atoms with E-state index in [1.165, 1.54) is 0 Å². The maximum Gasteiger partial charge on any atom is 0.389 e. The Labute approximate surface area is 104 Å². The highest BCUT2D eigenvalue weighted by atomic mass is 79.9. The number of aromatic amines is 1. The third-order valence-electron chi connectivity index (χ3n) is 1.98. The number of aryl methyl sites for hydroxylation is 2. The number of H-pyrrole nitrogens is 1. The van der Waals surface area contributed by atoms with E-state index in [1.807, 2.05) is 6.92 Å². The summed E-state index contributed by atoms with van der Waals surface area (Å²) in [5.74, 6) is 0.280. The van der Waals surface area contributed by atoms with Crippen LogP contribution in [0.5, 0.6) is 0 Å². The average Bonchev–Trinajstić information content (AvgIpc) is 2.18. The molecule has 0 atom stereocenters. The van der Waals surface area contributed by atoms with Gasteiger partial charge in [-0.3, -0.25) is 0 Å². The fraction of sp³-hybridized carbons (Fsp3) is 0.556. The van der Waals surface area contributed by atoms with Gasteiger partial charge in [-0.2, -0.15) is 13.2 Å². The quantitative estimate of drug-likeness (QED) is 0.855. The number of halogens is 4. The molecule has 0 radical (unpaired) electrons. The van der Waals surface area contributed by atoms with Gasteiger partial charge in [-0.05, 0) is 22.4 Å². The minimum Gasteiger partial charge on any atom is -0.346 e. The molecule has 0 aromatic carbocycles. The summed E-state index contributed by atoms with van der Waals surface area (Å²) in [5.41, 5.74) is 0.775. The van der Waals surface area contributed by atoms with E-state index in [1.54, 1.807) is 0 Å². The summed E-state index contributed by atoms with van der Waals surface area (Å²) >= 11 is 8.19. The molecule has 0 saturated carbocycles. The van der Waals surface area contributed by atoms with Crippen LogP contribution in [0.4, 0.5) is 13.2 Å². The van der Waals surface area contributed by atoms with Gasteiger partial charge < -0.3 is 4.98 Å². The van der Waals surface area contributed by atoms with Crippen molar-refractivity contribution in [2.75, 3.05) is 0 Å². The van der Waals surface area contributed by atoms with Gasteiger partial charge in [-0.1, -0.05) is 19.1 Å². The average molecular weight is 315 g/mol. The number of hydrogen-bond donors (Lipinski definition) is 1. The fourth-order valence-electron chi connectivity index (χ4n) is 1.18. The third-order valence-corrected chi connectivity index (χ3v) is 3.40. The molecule has 1 aromatic rings. The van der Waals surface area contributed by atoms with Crippen molar-refractivity contribution in [2.45, 2.75) is 32.4 Å². The molecule has 0 aliphatic heterocycles. The van der Waals surface area contributed by atoms with Crippen molar-refractivity contribution in [3.05, 3.63) is 20.6 Å². The standard InChI is InChI=1S/C9H10BrF3N2S/c1-2-5-7(10)8(16)15-6(14-5)3-4-9(11,12)13/h2-4H2,1H3,(H,14,15,16). The number of nitrogens with one attached hydrogen (secondary N) is 1. The molecule has 0 saturated heterocycles. The molecule has 0 amide bonds. The largest absolute Gasteiger partial charge is 0.389 e. The van der Waals surface area contributed by atoms with Crippen LogP contribution in [0.2, 0.25) is 0 Å². The summed E-state index contributed by atoms with van der Waals surface area (Å²) in [6.07, 6.45) is -4.58. The molecule has 2 nitrogen and oxygen atoms in total. The normalized spacial score (nSPS) is 11.8. The van der Waals surface area contributed by atoms with E-state index in [0.717, 1.165) is 5.69 Å². The van der Waals surface area contributed by atoms with Crippen molar-refractivity contribution in [2.24, 2.45) is 0 Å². The molecule has 7 heteroatoms. The number of hydrogen-bond acceptors (Lipinski definition) is 2. The van der Waals surface area contributed by atoms with Crippen LogP contribution in [0.3, 0.4) is 0 Å². The summed E-state index contributed by atoms with van der Waals surface area (Å²) in [4.78, 5) is 6.75. The molecular weight excluding hydrogens is 305 g/mol. The van der Waals surface area contributed by atoms with Crippen molar-refractivity contribution < 1.29 is 13.2 Å². The molecule has 0 aliphatic rings. The molecule has 0 fully saturated rings. The Balaban J connectivity index is 2.91. The summed E-state index contributed by atoms with van der Waals surface area (Å²) in [6, 6.07) is 0. The van der Waals surface area contributed by atoms with Gasteiger partial charge in [0.25, 0.3) is 0 Å². The van der Waals surface area contributed by atoms with Crippen molar-refractivity contribution in [3.8, 4) is 0 Å². The minimum atomic E-state index is -4.17. The van der Waals surface area contributed by atoms with E-state index in [4.69, 9.17) is 12.2 Å². The molecule has 16 heavy (non-hydrogen) atoms. The van der Waals surface area contributed by atoms with Crippen molar-refractivity contribution in [1.29, 1.82) is 0 Å². The first kappa shape index (κ1) is 13.6. The molecule has 0 unspecified atom stereocenters. The predicted octanol–water partition coefficient (Wildman–Crippen LogP) is 3.96. The monoisotopic (exact) mass is 314 g/mol. The molecule has 1 N–H and O–H groups in total. The topological polar surface area (TPSA) is 28.7 Å². The Morgan fingerprint density at radius 3 is 2.56 bits per heavy atom. The maximum absolute atomic E-state index is 12.0. The Bertz CT molecular complexity index is 428. The Kier molecular flexibility index (Phi) is 4.49. The highest BCUT2D eigenvalue weighted by Crippen LogP contribution is 2.22. The Hall–Kier alpha value is -0.430. The van der Waals surface area contributed by atoms with Gasteiger partial charge in [0, 0.05) is 12.1 Å². The van der Waals surface area contributed by atoms with Crippen LogP contribution in [0.15, 0.2) is 4.47 Å². The van der Waals surface area contributed by atoms with Gasteiger partial charge in [-0.25, -0.2) is 4.98 Å². The second-order valence-corrected chi connectivity index (χ2v) is 4.43. The summed E-state index contributed by atoms with van der Waals surface area (Å²) < 4.78 is 37.0. The lowest BCUT2D eigenvalue weighted by molar-refractivity contribution is -0.134. The number of aromatic nitrogens is 2. The lowest BCUT2D eigenvalue weighted by atomic mass is 10.2. The van der Waals surface area contributed by atoms with E-state index in [0.29, 0.717) is 15.5 Å². The first-order valence-corrected chi connectivity index (χ1v) is 5.88. The van der Waals surface area contributed by atoms with Gasteiger partial charge in [0.15, 0.2) is 0 Å². The molecule has 1 heterocycles. The van der Waals surface area contributed by atoms with Crippen molar-refractivity contribution >= 4 is 28.1 Å². The van der Waals surface area contributed by atoms with Crippen LogP contribution in [-0.4, -0.2) is 16.1 Å². The first-order chi connectivity index (χ1) is 7.33. The minimum absolute atomic E-state index is 0.173. The zero-order chi connectivity index (χ0) is 12.3. The van der Waals surface area contributed by atoms with Crippen molar-refractivity contribution in [1.82, 2.24) is 9.97 Å². The predicted molar refractivity (Wildman–Crippen MR) is 60.9 cm³/mol. The van der Waals surface area contributed by atoms with Crippen molar-refractivity contribution in [3.63, 3.8) is 0 Å². The third kappa shape index (κ3) is 3.86. The summed E-state index contributed by atoms with van der Waals surface area (Å²) in [7, 11) is 0. The summed E-state index contributed by atoms with van der Waals surface area (Å²) in [6.45, 7) is 1.89. The van der Waals surface area contributed by atoms with Gasteiger partial charge >= 0.3 is 6.18 Å². The maximum atomic E-state index is 12.0. The highest BCUT2D eigenvalue weighted by molar-refractivity contribution is 9.10. The molecule has 0 bridgehead atoms. The second-order valence-electron chi connectivity index (χ2n) is 3.25. The zero-order valence-corrected chi connectivity index (χ0v) is 10.9. The highest BCUT2D eigenvalue weighted by Gasteiger charge is 2.27. The molecule has 0 aliphatic carbocycles. The molecule has 0 spiro atoms. The van der Waals surface area contributed by atoms with E-state index in [-0.39, 0.29) is 12.2 Å². The van der Waals surface area contributed by atoms with Crippen LogP contribution in [0.25, 0.3) is 0 Å². The van der Waals surface area contributed by atoms with Gasteiger partial charge in [0.05, 0.1) is 10.9 Å². The van der Waals surface area contributed by atoms with Crippen LogP contribution < -0.4 is 0 Å². The number of alkyl halides is 3. The fourth-order valence-corrected chi connectivity index (χ4v) is 1.88. The molecule has 1 aromatic heterocycles. The Morgan fingerprint density at radius 1 is 1.44 bits per heavy atom. The van der Waals surface area contributed by atoms with Crippen LogP contribution in [0, 0.1) is 4.64 Å². The molecule has 90 valence electrons. The second kappa shape index (κ2) is 5.27. The molecule has 1 rings (SSSR count). The molecular formula is C9H10BrF3N2S. The van der Waals surface area contributed by atoms with Crippen LogP contribution >= 0.6 is 28.1 Å². The number of rotatable bonds is 3. The van der Waals surface area contributed by atoms with E-state index < -0.39 is 12.6 Å². The van der Waals surface area contributed by atoms with Crippen LogP contribution in [0.1, 0.15) is 24.9 Å². The smallest absolute Gasteiger partial charge is 0.346 e. The Morgan fingerprint density at radius 2 is 2.06 bits per heavy atom. The lowest BCUT2D eigenvalue weighted by Crippen LogP contribution is -2.11.